The average Bonchev–Trinajstić information content (AvgIpc) is 2.60. The summed E-state index contributed by atoms with van der Waals surface area (Å²) < 4.78 is 60.0. The highest BCUT2D eigenvalue weighted by Gasteiger charge is 2.23. The number of nitrogens with zero attached hydrogens (tertiary/aromatic N) is 1. The number of aryl methyl sites for hydroxylation is 1. The summed E-state index contributed by atoms with van der Waals surface area (Å²) in [5, 5.41) is 11.1. The van der Waals surface area contributed by atoms with Crippen LogP contribution in [-0.2, 0) is 20.0 Å². The molecule has 0 amide bonds. The fourth-order valence-corrected chi connectivity index (χ4v) is 4.83. The van der Waals surface area contributed by atoms with Crippen molar-refractivity contribution < 1.29 is 26.5 Å². The predicted octanol–water partition coefficient (Wildman–Crippen LogP) is 2.40. The van der Waals surface area contributed by atoms with E-state index in [4.69, 9.17) is 4.74 Å². The molecule has 0 heterocycles. The summed E-state index contributed by atoms with van der Waals surface area (Å²) in [7, 11) is -6.84. The SMILES string of the molecule is COc1ccc(S(=O)(=O)NC(C)C)cc1NS(=O)(=O)c1ccc(C)c([N+](=O)[O-])c1. The number of ether oxygens (including phenoxy) is 1. The van der Waals surface area contributed by atoms with Gasteiger partial charge in [-0.1, -0.05) is 6.07 Å². The van der Waals surface area contributed by atoms with Gasteiger partial charge in [0, 0.05) is 17.7 Å². The van der Waals surface area contributed by atoms with Gasteiger partial charge in [-0.05, 0) is 45.0 Å². The minimum atomic E-state index is -4.25. The Morgan fingerprint density at radius 3 is 2.14 bits per heavy atom. The van der Waals surface area contributed by atoms with Crippen LogP contribution in [0, 0.1) is 17.0 Å². The van der Waals surface area contributed by atoms with Crippen molar-refractivity contribution >= 4 is 31.4 Å². The van der Waals surface area contributed by atoms with E-state index in [0.717, 1.165) is 12.1 Å². The second kappa shape index (κ2) is 8.35. The van der Waals surface area contributed by atoms with Crippen LogP contribution in [0.2, 0.25) is 0 Å². The van der Waals surface area contributed by atoms with Crippen molar-refractivity contribution in [3.8, 4) is 5.75 Å². The Hall–Kier alpha value is -2.70. The zero-order valence-electron chi connectivity index (χ0n) is 16.2. The summed E-state index contributed by atoms with van der Waals surface area (Å²) in [6.45, 7) is 4.78. The van der Waals surface area contributed by atoms with Crippen LogP contribution in [0.5, 0.6) is 5.75 Å². The lowest BCUT2D eigenvalue weighted by molar-refractivity contribution is -0.385. The normalized spacial score (nSPS) is 12.0. The molecule has 29 heavy (non-hydrogen) atoms. The Labute approximate surface area is 169 Å². The Balaban J connectivity index is 2.51. The molecule has 158 valence electrons. The third-order valence-electron chi connectivity index (χ3n) is 3.80. The number of anilines is 1. The van der Waals surface area contributed by atoms with E-state index in [0.29, 0.717) is 5.56 Å². The molecule has 0 saturated heterocycles. The van der Waals surface area contributed by atoms with E-state index in [1.807, 2.05) is 0 Å². The van der Waals surface area contributed by atoms with Crippen LogP contribution < -0.4 is 14.2 Å². The maximum atomic E-state index is 12.7. The zero-order valence-corrected chi connectivity index (χ0v) is 17.8. The lowest BCUT2D eigenvalue weighted by Crippen LogP contribution is -2.30. The topological polar surface area (TPSA) is 145 Å². The van der Waals surface area contributed by atoms with Crippen LogP contribution in [0.25, 0.3) is 0 Å². The van der Waals surface area contributed by atoms with Gasteiger partial charge < -0.3 is 4.74 Å². The number of benzene rings is 2. The van der Waals surface area contributed by atoms with Crippen molar-refractivity contribution in [1.82, 2.24) is 4.72 Å². The molecule has 2 aromatic carbocycles. The van der Waals surface area contributed by atoms with E-state index >= 15 is 0 Å². The largest absolute Gasteiger partial charge is 0.495 e. The van der Waals surface area contributed by atoms with Gasteiger partial charge in [-0.15, -0.1) is 0 Å². The molecule has 0 aliphatic heterocycles. The smallest absolute Gasteiger partial charge is 0.273 e. The van der Waals surface area contributed by atoms with Crippen LogP contribution in [-0.4, -0.2) is 34.9 Å². The summed E-state index contributed by atoms with van der Waals surface area (Å²) in [5.74, 6) is 0.0821. The maximum Gasteiger partial charge on any atom is 0.273 e. The van der Waals surface area contributed by atoms with E-state index in [1.165, 1.54) is 38.3 Å². The summed E-state index contributed by atoms with van der Waals surface area (Å²) >= 11 is 0. The Morgan fingerprint density at radius 1 is 1.00 bits per heavy atom. The third-order valence-corrected chi connectivity index (χ3v) is 6.82. The van der Waals surface area contributed by atoms with Gasteiger partial charge >= 0.3 is 0 Å². The summed E-state index contributed by atoms with van der Waals surface area (Å²) in [4.78, 5) is 9.91. The lowest BCUT2D eigenvalue weighted by atomic mass is 10.2. The number of hydrogen-bond acceptors (Lipinski definition) is 7. The minimum absolute atomic E-state index is 0.0821. The van der Waals surface area contributed by atoms with E-state index in [2.05, 4.69) is 9.44 Å². The fraction of sp³-hybridized carbons (Fsp3) is 0.294. The van der Waals surface area contributed by atoms with E-state index in [9.17, 15) is 26.9 Å². The Bertz CT molecular complexity index is 1140. The van der Waals surface area contributed by atoms with Crippen molar-refractivity contribution in [3.63, 3.8) is 0 Å². The molecule has 0 fully saturated rings. The van der Waals surface area contributed by atoms with Crippen LogP contribution in [0.1, 0.15) is 19.4 Å². The number of hydrogen-bond donors (Lipinski definition) is 2. The molecule has 0 unspecified atom stereocenters. The molecule has 0 spiro atoms. The number of rotatable bonds is 8. The highest BCUT2D eigenvalue weighted by molar-refractivity contribution is 7.92. The van der Waals surface area contributed by atoms with Gasteiger partial charge in [0.25, 0.3) is 15.7 Å². The maximum absolute atomic E-state index is 12.7. The molecule has 2 N–H and O–H groups in total. The predicted molar refractivity (Wildman–Crippen MR) is 107 cm³/mol. The second-order valence-electron chi connectivity index (χ2n) is 6.45. The second-order valence-corrected chi connectivity index (χ2v) is 9.85. The molecule has 10 nitrogen and oxygen atoms in total. The standard InChI is InChI=1S/C17H21N3O7S2/c1-11(2)18-28(23,24)13-7-8-17(27-4)15(9-13)19-29(25,26)14-6-5-12(3)16(10-14)20(21)22/h5-11,18-19H,1-4H3. The number of nitrogens with one attached hydrogen (secondary N) is 2. The zero-order chi connectivity index (χ0) is 22.0. The summed E-state index contributed by atoms with van der Waals surface area (Å²) in [6, 6.07) is 6.81. The van der Waals surface area contributed by atoms with Crippen molar-refractivity contribution in [1.29, 1.82) is 0 Å². The van der Waals surface area contributed by atoms with Gasteiger partial charge in [-0.2, -0.15) is 0 Å². The molecular formula is C17H21N3O7S2. The molecule has 0 aliphatic carbocycles. The summed E-state index contributed by atoms with van der Waals surface area (Å²) in [5.41, 5.74) is -0.168. The molecule has 0 aromatic heterocycles. The third kappa shape index (κ3) is 5.22. The Morgan fingerprint density at radius 2 is 1.59 bits per heavy atom. The van der Waals surface area contributed by atoms with Gasteiger partial charge in [0.05, 0.1) is 27.5 Å². The molecule has 0 radical (unpaired) electrons. The van der Waals surface area contributed by atoms with Gasteiger partial charge in [-0.3, -0.25) is 14.8 Å². The number of nitro benzene ring substituents is 1. The number of sulfonamides is 2. The minimum Gasteiger partial charge on any atom is -0.495 e. The highest BCUT2D eigenvalue weighted by atomic mass is 32.2. The van der Waals surface area contributed by atoms with Gasteiger partial charge in [-0.25, -0.2) is 21.6 Å². The van der Waals surface area contributed by atoms with Crippen molar-refractivity contribution in [2.45, 2.75) is 36.6 Å². The van der Waals surface area contributed by atoms with Crippen molar-refractivity contribution in [2.75, 3.05) is 11.8 Å². The molecule has 2 aromatic rings. The van der Waals surface area contributed by atoms with Crippen molar-refractivity contribution in [2.24, 2.45) is 0 Å². The molecule has 0 saturated carbocycles. The molecule has 12 heteroatoms. The molecule has 0 atom stereocenters. The molecule has 0 bridgehead atoms. The molecule has 2 rings (SSSR count). The highest BCUT2D eigenvalue weighted by Crippen LogP contribution is 2.31. The fourth-order valence-electron chi connectivity index (χ4n) is 2.47. The van der Waals surface area contributed by atoms with Crippen LogP contribution in [0.3, 0.4) is 0 Å². The number of methoxy groups -OCH3 is 1. The van der Waals surface area contributed by atoms with Gasteiger partial charge in [0.1, 0.15) is 5.75 Å². The first-order valence-corrected chi connectivity index (χ1v) is 11.3. The molecular weight excluding hydrogens is 422 g/mol. The van der Waals surface area contributed by atoms with Gasteiger partial charge in [0.2, 0.25) is 10.0 Å². The first-order chi connectivity index (χ1) is 13.4. The Kier molecular flexibility index (Phi) is 6.50. The monoisotopic (exact) mass is 443 g/mol. The van der Waals surface area contributed by atoms with Crippen molar-refractivity contribution in [3.05, 3.63) is 52.1 Å². The van der Waals surface area contributed by atoms with E-state index < -0.39 is 25.0 Å². The quantitative estimate of drug-likeness (QED) is 0.471. The average molecular weight is 444 g/mol. The first kappa shape index (κ1) is 22.6. The van der Waals surface area contributed by atoms with Crippen LogP contribution >= 0.6 is 0 Å². The number of nitro groups is 1. The lowest BCUT2D eigenvalue weighted by Gasteiger charge is -2.15. The van der Waals surface area contributed by atoms with E-state index in [-0.39, 0.29) is 33.0 Å². The first-order valence-electron chi connectivity index (χ1n) is 8.35. The van der Waals surface area contributed by atoms with E-state index in [1.54, 1.807) is 13.8 Å². The molecule has 0 aliphatic rings. The van der Waals surface area contributed by atoms with Crippen LogP contribution in [0.4, 0.5) is 11.4 Å². The van der Waals surface area contributed by atoms with Crippen LogP contribution in [0.15, 0.2) is 46.2 Å². The summed E-state index contributed by atoms with van der Waals surface area (Å²) in [6.07, 6.45) is 0. The van der Waals surface area contributed by atoms with Gasteiger partial charge in [0.15, 0.2) is 0 Å².